The molecule has 0 aliphatic carbocycles. The highest BCUT2D eigenvalue weighted by molar-refractivity contribution is 7.20. The number of thiophene rings is 1. The van der Waals surface area contributed by atoms with Crippen LogP contribution in [0.5, 0.6) is 0 Å². The summed E-state index contributed by atoms with van der Waals surface area (Å²) >= 11 is 12.6. The minimum atomic E-state index is 0.349. The highest BCUT2D eigenvalue weighted by Crippen LogP contribution is 2.30. The van der Waals surface area contributed by atoms with Crippen molar-refractivity contribution in [2.24, 2.45) is 0 Å². The van der Waals surface area contributed by atoms with Gasteiger partial charge in [-0.2, -0.15) is 0 Å². The molecule has 0 fully saturated rings. The van der Waals surface area contributed by atoms with Gasteiger partial charge in [-0.3, -0.25) is 0 Å². The Bertz CT molecular complexity index is 244. The number of carbonyl (C=O) groups excluding carboxylic acids is 1. The van der Waals surface area contributed by atoms with Gasteiger partial charge in [0, 0.05) is 6.42 Å². The monoisotopic (exact) mass is 194 g/mol. The van der Waals surface area contributed by atoms with Gasteiger partial charge in [0.05, 0.1) is 8.67 Å². The van der Waals surface area contributed by atoms with Gasteiger partial charge in [0.1, 0.15) is 6.29 Å². The van der Waals surface area contributed by atoms with Gasteiger partial charge < -0.3 is 4.79 Å². The number of hydrogen-bond donors (Lipinski definition) is 0. The molecule has 54 valence electrons. The molecule has 1 heterocycles. The van der Waals surface area contributed by atoms with E-state index in [0.717, 1.165) is 11.8 Å². The van der Waals surface area contributed by atoms with Gasteiger partial charge in [-0.25, -0.2) is 0 Å². The second-order valence-corrected chi connectivity index (χ2v) is 4.01. The van der Waals surface area contributed by atoms with E-state index in [0.29, 0.717) is 15.1 Å². The Balaban J connectivity index is 2.91. The van der Waals surface area contributed by atoms with Gasteiger partial charge in [0.25, 0.3) is 0 Å². The second-order valence-electron chi connectivity index (χ2n) is 1.72. The molecule has 0 aliphatic rings. The molecule has 0 saturated heterocycles. The third-order valence-electron chi connectivity index (χ3n) is 1.03. The molecule has 1 nitrogen and oxygen atoms in total. The summed E-state index contributed by atoms with van der Waals surface area (Å²) in [7, 11) is 0. The first kappa shape index (κ1) is 8.05. The van der Waals surface area contributed by atoms with Gasteiger partial charge in [-0.15, -0.1) is 11.3 Å². The summed E-state index contributed by atoms with van der Waals surface area (Å²) in [5, 5.41) is 0. The van der Waals surface area contributed by atoms with Crippen LogP contribution in [0.25, 0.3) is 0 Å². The zero-order valence-electron chi connectivity index (χ0n) is 4.93. The molecule has 0 radical (unpaired) electrons. The quantitative estimate of drug-likeness (QED) is 0.663. The summed E-state index contributed by atoms with van der Waals surface area (Å²) in [6.07, 6.45) is 1.16. The number of rotatable bonds is 2. The van der Waals surface area contributed by atoms with Crippen molar-refractivity contribution in [2.45, 2.75) is 6.42 Å². The maximum atomic E-state index is 10.0. The molecule has 0 atom stereocenters. The zero-order chi connectivity index (χ0) is 7.56. The molecule has 0 amide bonds. The first-order valence-corrected chi connectivity index (χ1v) is 4.18. The van der Waals surface area contributed by atoms with E-state index in [4.69, 9.17) is 23.2 Å². The summed E-state index contributed by atoms with van der Waals surface area (Å²) in [5.41, 5.74) is 0.812. The molecule has 0 unspecified atom stereocenters. The van der Waals surface area contributed by atoms with E-state index in [2.05, 4.69) is 0 Å². The van der Waals surface area contributed by atoms with E-state index in [1.807, 2.05) is 0 Å². The molecule has 1 aromatic heterocycles. The normalized spacial score (nSPS) is 9.80. The third kappa shape index (κ3) is 1.72. The van der Waals surface area contributed by atoms with E-state index in [1.54, 1.807) is 6.07 Å². The van der Waals surface area contributed by atoms with Crippen molar-refractivity contribution >= 4 is 40.8 Å². The van der Waals surface area contributed by atoms with Crippen LogP contribution in [-0.4, -0.2) is 6.29 Å². The average Bonchev–Trinajstić information content (AvgIpc) is 2.13. The Kier molecular flexibility index (Phi) is 2.72. The molecule has 0 aliphatic heterocycles. The number of aldehydes is 1. The van der Waals surface area contributed by atoms with Crippen molar-refractivity contribution in [1.82, 2.24) is 0 Å². The Morgan fingerprint density at radius 3 is 2.70 bits per heavy atom. The smallest absolute Gasteiger partial charge is 0.124 e. The molecule has 1 rings (SSSR count). The van der Waals surface area contributed by atoms with E-state index < -0.39 is 0 Å². The van der Waals surface area contributed by atoms with Gasteiger partial charge >= 0.3 is 0 Å². The minimum Gasteiger partial charge on any atom is -0.303 e. The molecule has 0 aromatic carbocycles. The Hall–Kier alpha value is -0.0500. The van der Waals surface area contributed by atoms with Crippen molar-refractivity contribution < 1.29 is 4.79 Å². The SMILES string of the molecule is O=CCc1cc(Cl)sc1Cl. The summed E-state index contributed by atoms with van der Waals surface area (Å²) < 4.78 is 1.24. The Morgan fingerprint density at radius 2 is 2.30 bits per heavy atom. The first-order chi connectivity index (χ1) is 4.74. The van der Waals surface area contributed by atoms with Crippen molar-refractivity contribution in [3.05, 3.63) is 20.3 Å². The van der Waals surface area contributed by atoms with E-state index in [-0.39, 0.29) is 0 Å². The maximum absolute atomic E-state index is 10.0. The van der Waals surface area contributed by atoms with Crippen molar-refractivity contribution in [3.8, 4) is 0 Å². The van der Waals surface area contributed by atoms with Crippen LogP contribution in [0.15, 0.2) is 6.07 Å². The highest BCUT2D eigenvalue weighted by Gasteiger charge is 2.03. The third-order valence-corrected chi connectivity index (χ3v) is 2.60. The average molecular weight is 195 g/mol. The minimum absolute atomic E-state index is 0.349. The van der Waals surface area contributed by atoms with Crippen LogP contribution < -0.4 is 0 Å². The molecule has 1 aromatic rings. The van der Waals surface area contributed by atoms with Gasteiger partial charge in [-0.1, -0.05) is 23.2 Å². The molecule has 0 N–H and O–H groups in total. The Morgan fingerprint density at radius 1 is 1.60 bits per heavy atom. The Labute approximate surface area is 72.6 Å². The van der Waals surface area contributed by atoms with Crippen LogP contribution in [0.2, 0.25) is 8.67 Å². The lowest BCUT2D eigenvalue weighted by Crippen LogP contribution is -1.80. The fourth-order valence-corrected chi connectivity index (χ4v) is 2.11. The lowest BCUT2D eigenvalue weighted by molar-refractivity contribution is -0.107. The molecular weight excluding hydrogens is 191 g/mol. The molecule has 0 bridgehead atoms. The highest BCUT2D eigenvalue weighted by atomic mass is 35.5. The van der Waals surface area contributed by atoms with Crippen molar-refractivity contribution in [1.29, 1.82) is 0 Å². The topological polar surface area (TPSA) is 17.1 Å². The summed E-state index contributed by atoms with van der Waals surface area (Å²) in [6, 6.07) is 1.71. The van der Waals surface area contributed by atoms with Gasteiger partial charge in [0.2, 0.25) is 0 Å². The molecule has 0 saturated carbocycles. The van der Waals surface area contributed by atoms with Gasteiger partial charge in [-0.05, 0) is 11.6 Å². The van der Waals surface area contributed by atoms with Crippen molar-refractivity contribution in [3.63, 3.8) is 0 Å². The lowest BCUT2D eigenvalue weighted by atomic mass is 10.3. The van der Waals surface area contributed by atoms with Crippen LogP contribution in [-0.2, 0) is 11.2 Å². The van der Waals surface area contributed by atoms with E-state index in [9.17, 15) is 4.79 Å². The van der Waals surface area contributed by atoms with Crippen LogP contribution in [0, 0.1) is 0 Å². The van der Waals surface area contributed by atoms with Crippen LogP contribution in [0.4, 0.5) is 0 Å². The number of carbonyl (C=O) groups is 1. The van der Waals surface area contributed by atoms with Crippen LogP contribution in [0.3, 0.4) is 0 Å². The predicted molar refractivity (Wildman–Crippen MR) is 44.1 cm³/mol. The second kappa shape index (κ2) is 3.37. The van der Waals surface area contributed by atoms with Gasteiger partial charge in [0.15, 0.2) is 0 Å². The van der Waals surface area contributed by atoms with Crippen LogP contribution >= 0.6 is 34.5 Å². The number of halogens is 2. The van der Waals surface area contributed by atoms with Crippen molar-refractivity contribution in [2.75, 3.05) is 0 Å². The predicted octanol–water partition coefficient (Wildman–Crippen LogP) is 2.80. The molecular formula is C6H4Cl2OS. The summed E-state index contributed by atoms with van der Waals surface area (Å²) in [4.78, 5) is 10.0. The maximum Gasteiger partial charge on any atom is 0.124 e. The molecule has 10 heavy (non-hydrogen) atoms. The zero-order valence-corrected chi connectivity index (χ0v) is 7.26. The summed E-state index contributed by atoms with van der Waals surface area (Å²) in [5.74, 6) is 0. The number of hydrogen-bond acceptors (Lipinski definition) is 2. The summed E-state index contributed by atoms with van der Waals surface area (Å²) in [6.45, 7) is 0. The fraction of sp³-hybridized carbons (Fsp3) is 0.167. The first-order valence-electron chi connectivity index (χ1n) is 2.61. The fourth-order valence-electron chi connectivity index (χ4n) is 0.603. The standard InChI is InChI=1S/C6H4Cl2OS/c7-5-3-4(1-2-9)6(8)10-5/h2-3H,1H2. The van der Waals surface area contributed by atoms with E-state index in [1.165, 1.54) is 11.3 Å². The lowest BCUT2D eigenvalue weighted by Gasteiger charge is -1.84. The largest absolute Gasteiger partial charge is 0.303 e. The molecule has 4 heteroatoms. The van der Waals surface area contributed by atoms with Crippen LogP contribution in [0.1, 0.15) is 5.56 Å². The molecule has 0 spiro atoms. The van der Waals surface area contributed by atoms with E-state index >= 15 is 0 Å².